The Hall–Kier alpha value is -1.84. The van der Waals surface area contributed by atoms with Crippen molar-refractivity contribution in [2.75, 3.05) is 19.6 Å². The van der Waals surface area contributed by atoms with Crippen molar-refractivity contribution in [3.8, 4) is 0 Å². The zero-order valence-electron chi connectivity index (χ0n) is 15.0. The summed E-state index contributed by atoms with van der Waals surface area (Å²) in [5, 5.41) is 0. The van der Waals surface area contributed by atoms with Crippen LogP contribution in [-0.4, -0.2) is 41.2 Å². The molecule has 0 aliphatic carbocycles. The largest absolute Gasteiger partial charge is 0.343 e. The van der Waals surface area contributed by atoms with Crippen LogP contribution < -0.4 is 0 Å². The minimum atomic E-state index is 0.0101. The molecule has 0 aliphatic heterocycles. The van der Waals surface area contributed by atoms with Crippen LogP contribution in [0.3, 0.4) is 0 Å². The van der Waals surface area contributed by atoms with Gasteiger partial charge in [-0.1, -0.05) is 43.7 Å². The maximum Gasteiger partial charge on any atom is 0.224 e. The lowest BCUT2D eigenvalue weighted by Gasteiger charge is -2.25. The van der Waals surface area contributed by atoms with Gasteiger partial charge in [0.1, 0.15) is 0 Å². The van der Waals surface area contributed by atoms with Gasteiger partial charge in [0, 0.05) is 39.5 Å². The van der Waals surface area contributed by atoms with E-state index in [0.29, 0.717) is 19.5 Å². The van der Waals surface area contributed by atoms with Crippen LogP contribution in [0.25, 0.3) is 0 Å². The number of benzene rings is 1. The fraction of sp³-hybridized carbons (Fsp3) is 0.579. The molecule has 23 heavy (non-hydrogen) atoms. The van der Waals surface area contributed by atoms with Crippen molar-refractivity contribution < 1.29 is 9.59 Å². The Morgan fingerprint density at radius 1 is 0.913 bits per heavy atom. The van der Waals surface area contributed by atoms with Crippen molar-refractivity contribution in [2.45, 2.75) is 53.5 Å². The molecule has 1 aromatic carbocycles. The molecule has 0 unspecified atom stereocenters. The van der Waals surface area contributed by atoms with E-state index < -0.39 is 0 Å². The molecule has 0 atom stereocenters. The van der Waals surface area contributed by atoms with Gasteiger partial charge in [-0.25, -0.2) is 0 Å². The molecule has 0 saturated carbocycles. The molecule has 0 N–H and O–H groups in total. The molecule has 2 amide bonds. The van der Waals surface area contributed by atoms with E-state index in [9.17, 15) is 9.59 Å². The summed E-state index contributed by atoms with van der Waals surface area (Å²) in [5.74, 6) is 0.153. The molecule has 1 rings (SSSR count). The molecule has 0 heterocycles. The molecule has 0 radical (unpaired) electrons. The Kier molecular flexibility index (Phi) is 8.38. The van der Waals surface area contributed by atoms with Crippen LogP contribution in [0.15, 0.2) is 24.3 Å². The number of rotatable bonds is 9. The first kappa shape index (κ1) is 19.2. The van der Waals surface area contributed by atoms with E-state index in [1.165, 1.54) is 5.56 Å². The molecule has 0 fully saturated rings. The van der Waals surface area contributed by atoms with Gasteiger partial charge in [0.25, 0.3) is 0 Å². The molecular formula is C19H30N2O2. The standard InChI is InChI=1S/C19H30N2O2/c1-5-12-20(13-6-2)19(23)11-14-21(17(4)22)15-18-9-7-16(3)8-10-18/h7-10H,5-6,11-15H2,1-4H3. The van der Waals surface area contributed by atoms with Crippen molar-refractivity contribution >= 4 is 11.8 Å². The van der Waals surface area contributed by atoms with Gasteiger partial charge >= 0.3 is 0 Å². The second-order valence-electron chi connectivity index (χ2n) is 6.06. The predicted molar refractivity (Wildman–Crippen MR) is 94.0 cm³/mol. The normalized spacial score (nSPS) is 10.4. The number of carbonyl (C=O) groups is 2. The van der Waals surface area contributed by atoms with E-state index in [2.05, 4.69) is 13.8 Å². The molecule has 0 spiro atoms. The van der Waals surface area contributed by atoms with Crippen molar-refractivity contribution in [1.29, 1.82) is 0 Å². The molecular weight excluding hydrogens is 288 g/mol. The van der Waals surface area contributed by atoms with E-state index in [4.69, 9.17) is 0 Å². The summed E-state index contributed by atoms with van der Waals surface area (Å²) in [6.07, 6.45) is 2.32. The minimum Gasteiger partial charge on any atom is -0.343 e. The summed E-state index contributed by atoms with van der Waals surface area (Å²) in [7, 11) is 0. The Bertz CT molecular complexity index is 491. The van der Waals surface area contributed by atoms with Crippen LogP contribution in [-0.2, 0) is 16.1 Å². The van der Waals surface area contributed by atoms with Crippen molar-refractivity contribution in [3.05, 3.63) is 35.4 Å². The Morgan fingerprint density at radius 3 is 1.96 bits per heavy atom. The molecule has 0 bridgehead atoms. The van der Waals surface area contributed by atoms with Gasteiger partial charge < -0.3 is 9.80 Å². The fourth-order valence-electron chi connectivity index (χ4n) is 2.55. The highest BCUT2D eigenvalue weighted by molar-refractivity contribution is 5.78. The third-order valence-electron chi connectivity index (χ3n) is 3.87. The fourth-order valence-corrected chi connectivity index (χ4v) is 2.55. The zero-order chi connectivity index (χ0) is 17.2. The quantitative estimate of drug-likeness (QED) is 0.700. The zero-order valence-corrected chi connectivity index (χ0v) is 15.0. The van der Waals surface area contributed by atoms with Gasteiger partial charge in [0.2, 0.25) is 11.8 Å². The molecule has 4 heteroatoms. The van der Waals surface area contributed by atoms with E-state index in [1.54, 1.807) is 11.8 Å². The lowest BCUT2D eigenvalue weighted by atomic mass is 10.1. The van der Waals surface area contributed by atoms with Gasteiger partial charge in [0.15, 0.2) is 0 Å². The van der Waals surface area contributed by atoms with E-state index in [-0.39, 0.29) is 11.8 Å². The Balaban J connectivity index is 2.60. The van der Waals surface area contributed by atoms with E-state index in [1.807, 2.05) is 36.1 Å². The number of carbonyl (C=O) groups excluding carboxylic acids is 2. The highest BCUT2D eigenvalue weighted by atomic mass is 16.2. The lowest BCUT2D eigenvalue weighted by Crippen LogP contribution is -2.36. The Morgan fingerprint density at radius 2 is 1.48 bits per heavy atom. The van der Waals surface area contributed by atoms with Crippen molar-refractivity contribution in [3.63, 3.8) is 0 Å². The van der Waals surface area contributed by atoms with Gasteiger partial charge in [-0.05, 0) is 25.3 Å². The minimum absolute atomic E-state index is 0.0101. The molecule has 0 aromatic heterocycles. The van der Waals surface area contributed by atoms with Crippen molar-refractivity contribution in [1.82, 2.24) is 9.80 Å². The summed E-state index contributed by atoms with van der Waals surface area (Å²) in [6, 6.07) is 8.16. The van der Waals surface area contributed by atoms with Crippen LogP contribution in [0, 0.1) is 6.92 Å². The predicted octanol–water partition coefficient (Wildman–Crippen LogP) is 3.38. The summed E-state index contributed by atoms with van der Waals surface area (Å²) in [6.45, 7) is 10.4. The van der Waals surface area contributed by atoms with E-state index in [0.717, 1.165) is 31.5 Å². The van der Waals surface area contributed by atoms with E-state index >= 15 is 0 Å². The highest BCUT2D eigenvalue weighted by Crippen LogP contribution is 2.09. The Labute approximate surface area is 140 Å². The van der Waals surface area contributed by atoms with Gasteiger partial charge in [0.05, 0.1) is 0 Å². The third kappa shape index (κ3) is 6.85. The average molecular weight is 318 g/mol. The smallest absolute Gasteiger partial charge is 0.224 e. The first-order valence-electron chi connectivity index (χ1n) is 8.56. The van der Waals surface area contributed by atoms with Crippen molar-refractivity contribution in [2.24, 2.45) is 0 Å². The highest BCUT2D eigenvalue weighted by Gasteiger charge is 2.15. The number of amides is 2. The second-order valence-corrected chi connectivity index (χ2v) is 6.06. The summed E-state index contributed by atoms with van der Waals surface area (Å²) in [4.78, 5) is 27.8. The number of hydrogen-bond acceptors (Lipinski definition) is 2. The number of aryl methyl sites for hydroxylation is 1. The first-order valence-corrected chi connectivity index (χ1v) is 8.56. The van der Waals surface area contributed by atoms with Crippen LogP contribution in [0.1, 0.15) is 51.2 Å². The third-order valence-corrected chi connectivity index (χ3v) is 3.87. The molecule has 0 saturated heterocycles. The van der Waals surface area contributed by atoms with Gasteiger partial charge in [-0.2, -0.15) is 0 Å². The lowest BCUT2D eigenvalue weighted by molar-refractivity contribution is -0.133. The summed E-state index contributed by atoms with van der Waals surface area (Å²) >= 11 is 0. The average Bonchev–Trinajstić information content (AvgIpc) is 2.52. The molecule has 128 valence electrons. The molecule has 0 aliphatic rings. The van der Waals surface area contributed by atoms with Crippen LogP contribution in [0.2, 0.25) is 0 Å². The maximum atomic E-state index is 12.3. The van der Waals surface area contributed by atoms with Gasteiger partial charge in [-0.15, -0.1) is 0 Å². The van der Waals surface area contributed by atoms with Crippen LogP contribution >= 0.6 is 0 Å². The van der Waals surface area contributed by atoms with Crippen LogP contribution in [0.5, 0.6) is 0 Å². The topological polar surface area (TPSA) is 40.6 Å². The summed E-state index contributed by atoms with van der Waals surface area (Å²) < 4.78 is 0. The van der Waals surface area contributed by atoms with Gasteiger partial charge in [-0.3, -0.25) is 9.59 Å². The van der Waals surface area contributed by atoms with Crippen LogP contribution in [0.4, 0.5) is 0 Å². The first-order chi connectivity index (χ1) is 11.0. The number of nitrogens with zero attached hydrogens (tertiary/aromatic N) is 2. The molecule has 4 nitrogen and oxygen atoms in total. The maximum absolute atomic E-state index is 12.3. The number of hydrogen-bond donors (Lipinski definition) is 0. The summed E-state index contributed by atoms with van der Waals surface area (Å²) in [5.41, 5.74) is 2.30. The SMILES string of the molecule is CCCN(CCC)C(=O)CCN(Cc1ccc(C)cc1)C(C)=O. The second kappa shape index (κ2) is 10.0. The monoisotopic (exact) mass is 318 g/mol. The molecule has 1 aromatic rings.